The molecule has 0 aliphatic rings. The van der Waals surface area contributed by atoms with Gasteiger partial charge in [0, 0.05) is 12.3 Å². The van der Waals surface area contributed by atoms with Crippen LogP contribution in [0.4, 0.5) is 0 Å². The minimum Gasteiger partial charge on any atom is -0.393 e. The summed E-state index contributed by atoms with van der Waals surface area (Å²) in [4.78, 5) is 12.7. The fraction of sp³-hybridized carbons (Fsp3) is 0.533. The first-order valence-electron chi connectivity index (χ1n) is 6.89. The third kappa shape index (κ3) is 5.06. The fourth-order valence-corrected chi connectivity index (χ4v) is 2.98. The van der Waals surface area contributed by atoms with Crippen molar-refractivity contribution in [2.75, 3.05) is 12.3 Å². The summed E-state index contributed by atoms with van der Waals surface area (Å²) < 4.78 is 11.9. The number of hydrogen-bond acceptors (Lipinski definition) is 3. The molecule has 0 aromatic heterocycles. The molecule has 0 heterocycles. The van der Waals surface area contributed by atoms with Gasteiger partial charge >= 0.3 is 0 Å². The Morgan fingerprint density at radius 2 is 2.00 bits per heavy atom. The quantitative estimate of drug-likeness (QED) is 0.808. The summed E-state index contributed by atoms with van der Waals surface area (Å²) in [5.74, 6) is 0.477. The predicted molar refractivity (Wildman–Crippen MR) is 81.2 cm³/mol. The Hall–Kier alpha value is -1.20. The normalized spacial score (nSPS) is 15.4. The lowest BCUT2D eigenvalue weighted by Gasteiger charge is -2.15. The fourth-order valence-electron chi connectivity index (χ4n) is 2.04. The maximum Gasteiger partial charge on any atom is 0.252 e. The SMILES string of the molecule is CCS(=O)c1ccccc1C(=O)NCC(C)CC(C)O. The van der Waals surface area contributed by atoms with Crippen molar-refractivity contribution in [3.8, 4) is 0 Å². The van der Waals surface area contributed by atoms with Gasteiger partial charge in [-0.25, -0.2) is 0 Å². The van der Waals surface area contributed by atoms with Crippen molar-refractivity contribution in [1.29, 1.82) is 0 Å². The van der Waals surface area contributed by atoms with Crippen LogP contribution in [0.3, 0.4) is 0 Å². The summed E-state index contributed by atoms with van der Waals surface area (Å²) in [6.45, 7) is 6.04. The number of carbonyl (C=O) groups excluding carboxylic acids is 1. The van der Waals surface area contributed by atoms with Crippen LogP contribution in [0.25, 0.3) is 0 Å². The number of amides is 1. The van der Waals surface area contributed by atoms with Gasteiger partial charge in [-0.2, -0.15) is 0 Å². The topological polar surface area (TPSA) is 66.4 Å². The Morgan fingerprint density at radius 1 is 1.35 bits per heavy atom. The molecule has 1 amide bonds. The van der Waals surface area contributed by atoms with Crippen molar-refractivity contribution in [3.63, 3.8) is 0 Å². The summed E-state index contributed by atoms with van der Waals surface area (Å²) in [6.07, 6.45) is 0.268. The number of aliphatic hydroxyl groups excluding tert-OH is 1. The summed E-state index contributed by atoms with van der Waals surface area (Å²) in [7, 11) is -1.15. The van der Waals surface area contributed by atoms with Gasteiger partial charge in [0.1, 0.15) is 0 Å². The van der Waals surface area contributed by atoms with E-state index in [-0.39, 0.29) is 17.9 Å². The Kier molecular flexibility index (Phi) is 6.88. The van der Waals surface area contributed by atoms with E-state index in [4.69, 9.17) is 0 Å². The third-order valence-corrected chi connectivity index (χ3v) is 4.36. The lowest BCUT2D eigenvalue weighted by atomic mass is 10.0. The van der Waals surface area contributed by atoms with E-state index in [1.807, 2.05) is 13.8 Å². The molecule has 112 valence electrons. The average molecular weight is 297 g/mol. The number of hydrogen-bond donors (Lipinski definition) is 2. The van der Waals surface area contributed by atoms with Gasteiger partial charge in [-0.05, 0) is 31.4 Å². The first kappa shape index (κ1) is 16.9. The van der Waals surface area contributed by atoms with E-state index >= 15 is 0 Å². The van der Waals surface area contributed by atoms with Gasteiger partial charge in [-0.3, -0.25) is 9.00 Å². The highest BCUT2D eigenvalue weighted by atomic mass is 32.2. The second-order valence-corrected chi connectivity index (χ2v) is 6.74. The average Bonchev–Trinajstić information content (AvgIpc) is 2.43. The molecule has 1 rings (SSSR count). The van der Waals surface area contributed by atoms with E-state index in [1.165, 1.54) is 0 Å². The molecule has 0 saturated carbocycles. The highest BCUT2D eigenvalue weighted by Crippen LogP contribution is 2.14. The van der Waals surface area contributed by atoms with Crippen molar-refractivity contribution in [3.05, 3.63) is 29.8 Å². The van der Waals surface area contributed by atoms with Crippen LogP contribution in [0.2, 0.25) is 0 Å². The third-order valence-electron chi connectivity index (χ3n) is 2.99. The van der Waals surface area contributed by atoms with Crippen molar-refractivity contribution in [2.45, 2.75) is 38.2 Å². The minimum absolute atomic E-state index is 0.197. The largest absolute Gasteiger partial charge is 0.393 e. The van der Waals surface area contributed by atoms with Gasteiger partial charge in [0.05, 0.1) is 27.4 Å². The highest BCUT2D eigenvalue weighted by Gasteiger charge is 2.15. The Balaban J connectivity index is 2.71. The van der Waals surface area contributed by atoms with Crippen LogP contribution in [0.1, 0.15) is 37.6 Å². The van der Waals surface area contributed by atoms with Crippen molar-refractivity contribution >= 4 is 16.7 Å². The van der Waals surface area contributed by atoms with Crippen LogP contribution >= 0.6 is 0 Å². The molecule has 1 aromatic rings. The monoisotopic (exact) mass is 297 g/mol. The Labute approximate surface area is 123 Å². The van der Waals surface area contributed by atoms with Crippen LogP contribution in [-0.4, -0.2) is 33.6 Å². The summed E-state index contributed by atoms with van der Waals surface area (Å²) in [5.41, 5.74) is 0.469. The molecule has 0 fully saturated rings. The Morgan fingerprint density at radius 3 is 2.60 bits per heavy atom. The molecule has 0 aliphatic heterocycles. The molecule has 3 atom stereocenters. The lowest BCUT2D eigenvalue weighted by Crippen LogP contribution is -2.30. The number of rotatable bonds is 7. The molecule has 1 aromatic carbocycles. The summed E-state index contributed by atoms with van der Waals surface area (Å²) in [5, 5.41) is 12.1. The van der Waals surface area contributed by atoms with Crippen molar-refractivity contribution < 1.29 is 14.1 Å². The second-order valence-electron chi connectivity index (χ2n) is 5.03. The van der Waals surface area contributed by atoms with Gasteiger partial charge in [0.15, 0.2) is 0 Å². The first-order chi connectivity index (χ1) is 9.45. The zero-order valence-corrected chi connectivity index (χ0v) is 13.1. The van der Waals surface area contributed by atoms with Crippen LogP contribution in [-0.2, 0) is 10.8 Å². The van der Waals surface area contributed by atoms with Gasteiger partial charge in [-0.1, -0.05) is 26.0 Å². The smallest absolute Gasteiger partial charge is 0.252 e. The standard InChI is InChI=1S/C15H23NO3S/c1-4-20(19)14-8-6-5-7-13(14)15(18)16-10-11(2)9-12(3)17/h5-8,11-12,17H,4,9-10H2,1-3H3,(H,16,18). The molecule has 5 heteroatoms. The van der Waals surface area contributed by atoms with Crippen molar-refractivity contribution in [2.24, 2.45) is 5.92 Å². The van der Waals surface area contributed by atoms with E-state index in [1.54, 1.807) is 31.2 Å². The molecule has 2 N–H and O–H groups in total. The number of carbonyl (C=O) groups is 1. The van der Waals surface area contributed by atoms with E-state index in [2.05, 4.69) is 5.32 Å². The number of nitrogens with one attached hydrogen (secondary N) is 1. The van der Waals surface area contributed by atoms with Crippen LogP contribution in [0, 0.1) is 5.92 Å². The predicted octanol–water partition coefficient (Wildman–Crippen LogP) is 1.95. The van der Waals surface area contributed by atoms with Gasteiger partial charge in [0.2, 0.25) is 0 Å². The molecule has 0 bridgehead atoms. The van der Waals surface area contributed by atoms with E-state index in [0.29, 0.717) is 29.2 Å². The molecule has 0 saturated heterocycles. The van der Waals surface area contributed by atoms with Gasteiger partial charge < -0.3 is 10.4 Å². The maximum absolute atomic E-state index is 12.2. The first-order valence-corrected chi connectivity index (χ1v) is 8.21. The van der Waals surface area contributed by atoms with E-state index in [9.17, 15) is 14.1 Å². The van der Waals surface area contributed by atoms with E-state index in [0.717, 1.165) is 0 Å². The summed E-state index contributed by atoms with van der Waals surface area (Å²) >= 11 is 0. The van der Waals surface area contributed by atoms with Crippen LogP contribution in [0.5, 0.6) is 0 Å². The zero-order chi connectivity index (χ0) is 15.1. The maximum atomic E-state index is 12.2. The van der Waals surface area contributed by atoms with Crippen molar-refractivity contribution in [1.82, 2.24) is 5.32 Å². The molecule has 20 heavy (non-hydrogen) atoms. The molecule has 4 nitrogen and oxygen atoms in total. The van der Waals surface area contributed by atoms with Gasteiger partial charge in [-0.15, -0.1) is 0 Å². The zero-order valence-electron chi connectivity index (χ0n) is 12.3. The molecular formula is C15H23NO3S. The highest BCUT2D eigenvalue weighted by molar-refractivity contribution is 7.85. The summed E-state index contributed by atoms with van der Waals surface area (Å²) in [6, 6.07) is 6.98. The molecule has 3 unspecified atom stereocenters. The molecular weight excluding hydrogens is 274 g/mol. The lowest BCUT2D eigenvalue weighted by molar-refractivity contribution is 0.0936. The van der Waals surface area contributed by atoms with Gasteiger partial charge in [0.25, 0.3) is 5.91 Å². The molecule has 0 radical (unpaired) electrons. The minimum atomic E-state index is -1.15. The Bertz CT molecular complexity index is 474. The van der Waals surface area contributed by atoms with Crippen LogP contribution < -0.4 is 5.32 Å². The molecule has 0 aliphatic carbocycles. The van der Waals surface area contributed by atoms with Crippen LogP contribution in [0.15, 0.2) is 29.2 Å². The molecule has 0 spiro atoms. The number of aliphatic hydroxyl groups is 1. The van der Waals surface area contributed by atoms with E-state index < -0.39 is 10.8 Å². The number of benzene rings is 1. The second kappa shape index (κ2) is 8.17.